The van der Waals surface area contributed by atoms with Gasteiger partial charge in [-0.15, -0.1) is 6.58 Å². The van der Waals surface area contributed by atoms with Crippen molar-refractivity contribution in [3.8, 4) is 5.88 Å². The van der Waals surface area contributed by atoms with Crippen LogP contribution in [0.1, 0.15) is 32.3 Å². The third kappa shape index (κ3) is 5.77. The molecule has 0 aliphatic carbocycles. The summed E-state index contributed by atoms with van der Waals surface area (Å²) in [5, 5.41) is 3.37. The standard InChI is InChI=1S/C14H23N3O/c1-4-5-6-7-18-14-13(10-16-11-17-14)9-15-8-12(2)3/h4,10-12,15H,1,5-9H2,2-3H3. The molecule has 0 saturated heterocycles. The Morgan fingerprint density at radius 1 is 1.50 bits per heavy atom. The van der Waals surface area contributed by atoms with Gasteiger partial charge in [0.2, 0.25) is 5.88 Å². The van der Waals surface area contributed by atoms with Crippen LogP contribution >= 0.6 is 0 Å². The van der Waals surface area contributed by atoms with Gasteiger partial charge in [0.25, 0.3) is 0 Å². The van der Waals surface area contributed by atoms with Crippen LogP contribution in [0.3, 0.4) is 0 Å². The number of allylic oxidation sites excluding steroid dienone is 1. The maximum atomic E-state index is 5.66. The van der Waals surface area contributed by atoms with Crippen molar-refractivity contribution in [1.29, 1.82) is 0 Å². The smallest absolute Gasteiger partial charge is 0.220 e. The first-order chi connectivity index (χ1) is 8.74. The lowest BCUT2D eigenvalue weighted by atomic mass is 10.2. The molecule has 0 fully saturated rings. The maximum absolute atomic E-state index is 5.66. The van der Waals surface area contributed by atoms with Crippen LogP contribution in [-0.4, -0.2) is 23.1 Å². The minimum Gasteiger partial charge on any atom is -0.477 e. The molecule has 4 nitrogen and oxygen atoms in total. The van der Waals surface area contributed by atoms with Crippen LogP contribution in [0.5, 0.6) is 5.88 Å². The number of unbranched alkanes of at least 4 members (excludes halogenated alkanes) is 1. The Morgan fingerprint density at radius 3 is 3.06 bits per heavy atom. The van der Waals surface area contributed by atoms with E-state index in [0.29, 0.717) is 18.4 Å². The summed E-state index contributed by atoms with van der Waals surface area (Å²) in [5.74, 6) is 1.32. The van der Waals surface area contributed by atoms with Gasteiger partial charge in [-0.1, -0.05) is 19.9 Å². The van der Waals surface area contributed by atoms with Gasteiger partial charge in [0.05, 0.1) is 6.61 Å². The zero-order valence-corrected chi connectivity index (χ0v) is 11.4. The van der Waals surface area contributed by atoms with Crippen LogP contribution in [0.4, 0.5) is 0 Å². The van der Waals surface area contributed by atoms with Crippen LogP contribution in [-0.2, 0) is 6.54 Å². The highest BCUT2D eigenvalue weighted by Gasteiger charge is 2.05. The van der Waals surface area contributed by atoms with E-state index in [0.717, 1.165) is 31.5 Å². The van der Waals surface area contributed by atoms with E-state index in [1.54, 1.807) is 0 Å². The number of aromatic nitrogens is 2. The summed E-state index contributed by atoms with van der Waals surface area (Å²) in [4.78, 5) is 8.22. The van der Waals surface area contributed by atoms with Crippen LogP contribution in [0.2, 0.25) is 0 Å². The summed E-state index contributed by atoms with van der Waals surface area (Å²) in [6.45, 7) is 10.4. The topological polar surface area (TPSA) is 47.0 Å². The highest BCUT2D eigenvalue weighted by molar-refractivity contribution is 5.21. The van der Waals surface area contributed by atoms with E-state index < -0.39 is 0 Å². The van der Waals surface area contributed by atoms with Gasteiger partial charge < -0.3 is 10.1 Å². The Morgan fingerprint density at radius 2 is 2.33 bits per heavy atom. The molecule has 100 valence electrons. The van der Waals surface area contributed by atoms with Crippen LogP contribution < -0.4 is 10.1 Å². The second-order valence-corrected chi connectivity index (χ2v) is 4.66. The molecule has 1 aromatic heterocycles. The molecule has 18 heavy (non-hydrogen) atoms. The Labute approximate surface area is 109 Å². The quantitative estimate of drug-likeness (QED) is 0.540. The first-order valence-corrected chi connectivity index (χ1v) is 6.47. The van der Waals surface area contributed by atoms with Gasteiger partial charge in [0, 0.05) is 18.3 Å². The molecule has 0 amide bonds. The number of hydrogen-bond donors (Lipinski definition) is 1. The van der Waals surface area contributed by atoms with E-state index in [2.05, 4.69) is 35.7 Å². The van der Waals surface area contributed by atoms with Crippen molar-refractivity contribution in [3.63, 3.8) is 0 Å². The third-order valence-corrected chi connectivity index (χ3v) is 2.41. The molecule has 0 atom stereocenters. The minimum atomic E-state index is 0.631. The Bertz CT molecular complexity index is 353. The molecule has 0 aromatic carbocycles. The van der Waals surface area contributed by atoms with Gasteiger partial charge in [0.1, 0.15) is 6.33 Å². The van der Waals surface area contributed by atoms with Crippen molar-refractivity contribution in [2.24, 2.45) is 5.92 Å². The predicted octanol–water partition coefficient (Wildman–Crippen LogP) is 2.57. The van der Waals surface area contributed by atoms with Crippen LogP contribution in [0.15, 0.2) is 25.2 Å². The second kappa shape index (κ2) is 8.64. The van der Waals surface area contributed by atoms with Crippen molar-refractivity contribution >= 4 is 0 Å². The van der Waals surface area contributed by atoms with Crippen molar-refractivity contribution in [2.75, 3.05) is 13.2 Å². The molecule has 0 aliphatic rings. The van der Waals surface area contributed by atoms with E-state index in [1.807, 2.05) is 12.3 Å². The summed E-state index contributed by atoms with van der Waals surface area (Å²) in [5.41, 5.74) is 1.01. The van der Waals surface area contributed by atoms with E-state index in [-0.39, 0.29) is 0 Å². The van der Waals surface area contributed by atoms with Crippen molar-refractivity contribution < 1.29 is 4.74 Å². The lowest BCUT2D eigenvalue weighted by Crippen LogP contribution is -2.20. The van der Waals surface area contributed by atoms with E-state index in [4.69, 9.17) is 4.74 Å². The summed E-state index contributed by atoms with van der Waals surface area (Å²) >= 11 is 0. The molecular formula is C14H23N3O. The zero-order valence-electron chi connectivity index (χ0n) is 11.4. The molecule has 0 saturated carbocycles. The van der Waals surface area contributed by atoms with Crippen LogP contribution in [0, 0.1) is 5.92 Å². The largest absolute Gasteiger partial charge is 0.477 e. The first kappa shape index (κ1) is 14.6. The molecule has 0 unspecified atom stereocenters. The van der Waals surface area contributed by atoms with Gasteiger partial charge in [-0.3, -0.25) is 0 Å². The molecule has 1 aromatic rings. The highest BCUT2D eigenvalue weighted by atomic mass is 16.5. The molecule has 1 rings (SSSR count). The van der Waals surface area contributed by atoms with Crippen molar-refractivity contribution in [1.82, 2.24) is 15.3 Å². The van der Waals surface area contributed by atoms with Gasteiger partial charge in [-0.25, -0.2) is 9.97 Å². The van der Waals surface area contributed by atoms with E-state index in [1.165, 1.54) is 6.33 Å². The lowest BCUT2D eigenvalue weighted by Gasteiger charge is -2.11. The minimum absolute atomic E-state index is 0.631. The summed E-state index contributed by atoms with van der Waals surface area (Å²) < 4.78 is 5.66. The lowest BCUT2D eigenvalue weighted by molar-refractivity contribution is 0.295. The molecule has 1 N–H and O–H groups in total. The SMILES string of the molecule is C=CCCCOc1ncncc1CNCC(C)C. The number of rotatable bonds is 9. The molecule has 0 spiro atoms. The molecule has 0 aliphatic heterocycles. The average molecular weight is 249 g/mol. The molecule has 0 radical (unpaired) electrons. The van der Waals surface area contributed by atoms with E-state index >= 15 is 0 Å². The van der Waals surface area contributed by atoms with Crippen LogP contribution in [0.25, 0.3) is 0 Å². The monoisotopic (exact) mass is 249 g/mol. The molecular weight excluding hydrogens is 226 g/mol. The summed E-state index contributed by atoms with van der Waals surface area (Å²) in [6, 6.07) is 0. The third-order valence-electron chi connectivity index (χ3n) is 2.41. The normalized spacial score (nSPS) is 10.6. The van der Waals surface area contributed by atoms with Crippen molar-refractivity contribution in [2.45, 2.75) is 33.2 Å². The van der Waals surface area contributed by atoms with Gasteiger partial charge >= 0.3 is 0 Å². The molecule has 1 heterocycles. The maximum Gasteiger partial charge on any atom is 0.220 e. The summed E-state index contributed by atoms with van der Waals surface area (Å²) in [7, 11) is 0. The Balaban J connectivity index is 2.43. The Hall–Kier alpha value is -1.42. The van der Waals surface area contributed by atoms with Gasteiger partial charge in [0.15, 0.2) is 0 Å². The average Bonchev–Trinajstić information content (AvgIpc) is 2.36. The van der Waals surface area contributed by atoms with Gasteiger partial charge in [-0.2, -0.15) is 0 Å². The number of nitrogens with zero attached hydrogens (tertiary/aromatic N) is 2. The van der Waals surface area contributed by atoms with E-state index in [9.17, 15) is 0 Å². The first-order valence-electron chi connectivity index (χ1n) is 6.47. The van der Waals surface area contributed by atoms with Gasteiger partial charge in [-0.05, 0) is 25.3 Å². The fourth-order valence-corrected chi connectivity index (χ4v) is 1.49. The number of nitrogens with one attached hydrogen (secondary N) is 1. The molecule has 4 heteroatoms. The number of ether oxygens (including phenoxy) is 1. The molecule has 0 bridgehead atoms. The Kier molecular flexibility index (Phi) is 7.03. The summed E-state index contributed by atoms with van der Waals surface area (Å²) in [6.07, 6.45) is 7.16. The van der Waals surface area contributed by atoms with Crippen molar-refractivity contribution in [3.05, 3.63) is 30.7 Å². The zero-order chi connectivity index (χ0) is 13.2. The predicted molar refractivity (Wildman–Crippen MR) is 73.5 cm³/mol. The fraction of sp³-hybridized carbons (Fsp3) is 0.571. The number of hydrogen-bond acceptors (Lipinski definition) is 4. The second-order valence-electron chi connectivity index (χ2n) is 4.66. The highest BCUT2D eigenvalue weighted by Crippen LogP contribution is 2.13. The fourth-order valence-electron chi connectivity index (χ4n) is 1.49.